The molecule has 43 heavy (non-hydrogen) atoms. The van der Waals surface area contributed by atoms with E-state index in [-0.39, 0.29) is 0 Å². The van der Waals surface area contributed by atoms with E-state index in [0.717, 1.165) is 10.4 Å². The second-order valence-corrected chi connectivity index (χ2v) is 11.4. The first-order valence-electron chi connectivity index (χ1n) is 14.6. The molecule has 0 amide bonds. The summed E-state index contributed by atoms with van der Waals surface area (Å²) in [5, 5.41) is 7.99. The second-order valence-electron chi connectivity index (χ2n) is 11.0. The van der Waals surface area contributed by atoms with Crippen molar-refractivity contribution < 1.29 is 0 Å². The van der Waals surface area contributed by atoms with Crippen LogP contribution in [-0.4, -0.2) is 0 Å². The zero-order chi connectivity index (χ0) is 28.8. The minimum absolute atomic E-state index is 0.738. The van der Waals surface area contributed by atoms with E-state index in [1.54, 1.807) is 0 Å². The van der Waals surface area contributed by atoms with Crippen LogP contribution in [0.25, 0.3) is 76.8 Å². The molecule has 0 nitrogen and oxygen atoms in total. The van der Waals surface area contributed by atoms with Crippen molar-refractivity contribution in [1.29, 1.82) is 0 Å². The standard InChI is InChI=1S/C42H27Cl/c43-30-23-24-37-38(25-30)42-27-39(33-19-9-7-17-31(33)28-13-3-1-4-14-28)35-21-11-12-22-36(35)41(42)26-40(37)34-20-10-8-18-32(34)29-15-5-2-6-16-29/h1-27H. The van der Waals surface area contributed by atoms with Gasteiger partial charge in [0.15, 0.2) is 0 Å². The highest BCUT2D eigenvalue weighted by Gasteiger charge is 2.18. The third kappa shape index (κ3) is 4.39. The van der Waals surface area contributed by atoms with Gasteiger partial charge in [0.25, 0.3) is 0 Å². The fourth-order valence-electron chi connectivity index (χ4n) is 6.59. The highest BCUT2D eigenvalue weighted by atomic mass is 35.5. The van der Waals surface area contributed by atoms with Gasteiger partial charge in [0.2, 0.25) is 0 Å². The van der Waals surface area contributed by atoms with E-state index in [2.05, 4.69) is 158 Å². The number of rotatable bonds is 4. The summed E-state index contributed by atoms with van der Waals surface area (Å²) in [5.74, 6) is 0. The largest absolute Gasteiger partial charge is 0.0843 e. The Bertz CT molecular complexity index is 2280. The summed E-state index contributed by atoms with van der Waals surface area (Å²) >= 11 is 6.72. The summed E-state index contributed by atoms with van der Waals surface area (Å²) in [7, 11) is 0. The quantitative estimate of drug-likeness (QED) is 0.186. The van der Waals surface area contributed by atoms with Crippen LogP contribution in [0, 0.1) is 0 Å². The summed E-state index contributed by atoms with van der Waals surface area (Å²) in [4.78, 5) is 0. The van der Waals surface area contributed by atoms with Gasteiger partial charge in [-0.3, -0.25) is 0 Å². The maximum absolute atomic E-state index is 6.72. The van der Waals surface area contributed by atoms with Gasteiger partial charge in [0, 0.05) is 5.02 Å². The Morgan fingerprint density at radius 3 is 1.21 bits per heavy atom. The van der Waals surface area contributed by atoms with Crippen molar-refractivity contribution in [2.75, 3.05) is 0 Å². The van der Waals surface area contributed by atoms with Crippen LogP contribution in [0.1, 0.15) is 0 Å². The van der Waals surface area contributed by atoms with Crippen molar-refractivity contribution in [3.8, 4) is 44.5 Å². The maximum atomic E-state index is 6.72. The smallest absolute Gasteiger partial charge is 0.0412 e. The molecule has 0 saturated heterocycles. The molecule has 8 aromatic rings. The Morgan fingerprint density at radius 2 is 0.651 bits per heavy atom. The molecule has 0 N–H and O–H groups in total. The lowest BCUT2D eigenvalue weighted by Crippen LogP contribution is -1.92. The molecule has 0 bridgehead atoms. The molecular formula is C42H27Cl. The topological polar surface area (TPSA) is 0 Å². The predicted molar refractivity (Wildman–Crippen MR) is 186 cm³/mol. The Hall–Kier alpha value is -5.17. The number of fused-ring (bicyclic) bond motifs is 5. The molecule has 0 aliphatic rings. The highest BCUT2D eigenvalue weighted by Crippen LogP contribution is 2.45. The van der Waals surface area contributed by atoms with E-state index in [1.165, 1.54) is 71.4 Å². The first kappa shape index (κ1) is 25.5. The van der Waals surface area contributed by atoms with E-state index >= 15 is 0 Å². The predicted octanol–water partition coefficient (Wildman–Crippen LogP) is 12.5. The molecule has 0 fully saturated rings. The average Bonchev–Trinajstić information content (AvgIpc) is 3.08. The Kier molecular flexibility index (Phi) is 6.29. The third-order valence-corrected chi connectivity index (χ3v) is 8.78. The monoisotopic (exact) mass is 566 g/mol. The van der Waals surface area contributed by atoms with Gasteiger partial charge in [-0.15, -0.1) is 0 Å². The molecule has 0 atom stereocenters. The lowest BCUT2D eigenvalue weighted by atomic mass is 9.85. The lowest BCUT2D eigenvalue weighted by Gasteiger charge is -2.19. The van der Waals surface area contributed by atoms with Crippen molar-refractivity contribution in [1.82, 2.24) is 0 Å². The van der Waals surface area contributed by atoms with Gasteiger partial charge in [-0.25, -0.2) is 0 Å². The summed E-state index contributed by atoms with van der Waals surface area (Å²) in [6.07, 6.45) is 0. The molecule has 8 rings (SSSR count). The Labute approximate surface area is 256 Å². The SMILES string of the molecule is Clc1ccc2c(-c3ccccc3-c3ccccc3)cc3c4ccccc4c(-c4ccccc4-c4ccccc4)cc3c2c1. The van der Waals surface area contributed by atoms with Gasteiger partial charge in [0.1, 0.15) is 0 Å². The molecule has 0 heterocycles. The summed E-state index contributed by atoms with van der Waals surface area (Å²) in [6, 6.07) is 58.7. The van der Waals surface area contributed by atoms with Gasteiger partial charge in [-0.2, -0.15) is 0 Å². The molecule has 0 aliphatic heterocycles. The van der Waals surface area contributed by atoms with Gasteiger partial charge < -0.3 is 0 Å². The van der Waals surface area contributed by atoms with E-state index in [9.17, 15) is 0 Å². The molecule has 0 saturated carbocycles. The molecule has 0 aliphatic carbocycles. The molecule has 0 radical (unpaired) electrons. The third-order valence-electron chi connectivity index (χ3n) is 8.54. The van der Waals surface area contributed by atoms with Gasteiger partial charge in [0.05, 0.1) is 0 Å². The van der Waals surface area contributed by atoms with Crippen LogP contribution < -0.4 is 0 Å². The summed E-state index contributed by atoms with van der Waals surface area (Å²) in [6.45, 7) is 0. The lowest BCUT2D eigenvalue weighted by molar-refractivity contribution is 1.60. The molecule has 8 aromatic carbocycles. The molecule has 0 spiro atoms. The fourth-order valence-corrected chi connectivity index (χ4v) is 6.76. The van der Waals surface area contributed by atoms with Crippen LogP contribution in [0.2, 0.25) is 5.02 Å². The van der Waals surface area contributed by atoms with Crippen LogP contribution in [0.4, 0.5) is 0 Å². The maximum Gasteiger partial charge on any atom is 0.0412 e. The van der Waals surface area contributed by atoms with Crippen molar-refractivity contribution in [2.24, 2.45) is 0 Å². The first-order chi connectivity index (χ1) is 21.3. The van der Waals surface area contributed by atoms with Crippen LogP contribution in [0.3, 0.4) is 0 Å². The second kappa shape index (κ2) is 10.6. The normalized spacial score (nSPS) is 11.4. The summed E-state index contributed by atoms with van der Waals surface area (Å²) < 4.78 is 0. The van der Waals surface area contributed by atoms with E-state index in [0.29, 0.717) is 0 Å². The number of halogens is 1. The van der Waals surface area contributed by atoms with Crippen LogP contribution in [0.5, 0.6) is 0 Å². The van der Waals surface area contributed by atoms with Gasteiger partial charge in [-0.05, 0) is 101 Å². The Balaban J connectivity index is 1.49. The van der Waals surface area contributed by atoms with E-state index in [1.807, 2.05) is 6.07 Å². The minimum Gasteiger partial charge on any atom is -0.0843 e. The number of hydrogen-bond acceptors (Lipinski definition) is 0. The fraction of sp³-hybridized carbons (Fsp3) is 0. The molecule has 202 valence electrons. The van der Waals surface area contributed by atoms with Crippen molar-refractivity contribution >= 4 is 43.9 Å². The van der Waals surface area contributed by atoms with E-state index < -0.39 is 0 Å². The van der Waals surface area contributed by atoms with E-state index in [4.69, 9.17) is 11.6 Å². The number of hydrogen-bond donors (Lipinski definition) is 0. The van der Waals surface area contributed by atoms with Gasteiger partial charge >= 0.3 is 0 Å². The first-order valence-corrected chi connectivity index (χ1v) is 15.0. The van der Waals surface area contributed by atoms with Crippen LogP contribution in [-0.2, 0) is 0 Å². The molecule has 0 unspecified atom stereocenters. The van der Waals surface area contributed by atoms with Crippen molar-refractivity contribution in [3.05, 3.63) is 169 Å². The zero-order valence-electron chi connectivity index (χ0n) is 23.5. The zero-order valence-corrected chi connectivity index (χ0v) is 24.2. The number of benzene rings is 8. The Morgan fingerprint density at radius 1 is 0.256 bits per heavy atom. The summed E-state index contributed by atoms with van der Waals surface area (Å²) in [5.41, 5.74) is 9.73. The highest BCUT2D eigenvalue weighted by molar-refractivity contribution is 6.33. The minimum atomic E-state index is 0.738. The van der Waals surface area contributed by atoms with Crippen molar-refractivity contribution in [3.63, 3.8) is 0 Å². The molecule has 1 heteroatoms. The molecular weight excluding hydrogens is 540 g/mol. The van der Waals surface area contributed by atoms with Crippen molar-refractivity contribution in [2.45, 2.75) is 0 Å². The van der Waals surface area contributed by atoms with Crippen LogP contribution in [0.15, 0.2) is 164 Å². The van der Waals surface area contributed by atoms with Gasteiger partial charge in [-0.1, -0.05) is 151 Å². The van der Waals surface area contributed by atoms with Crippen LogP contribution >= 0.6 is 11.6 Å². The molecule has 0 aromatic heterocycles. The average molecular weight is 567 g/mol.